The van der Waals surface area contributed by atoms with Gasteiger partial charge in [0.25, 0.3) is 5.56 Å². The molecule has 2 heterocycles. The van der Waals surface area contributed by atoms with Gasteiger partial charge in [-0.2, -0.15) is 0 Å². The molecule has 1 saturated carbocycles. The zero-order valence-electron chi connectivity index (χ0n) is 11.5. The van der Waals surface area contributed by atoms with Crippen LogP contribution >= 0.6 is 11.3 Å². The van der Waals surface area contributed by atoms with Gasteiger partial charge < -0.3 is 10.4 Å². The van der Waals surface area contributed by atoms with Gasteiger partial charge in [-0.3, -0.25) is 14.0 Å². The fourth-order valence-electron chi connectivity index (χ4n) is 2.97. The number of carboxylic acid groups (broad SMARTS) is 1. The van der Waals surface area contributed by atoms with Gasteiger partial charge in [-0.1, -0.05) is 6.42 Å². The fourth-order valence-corrected chi connectivity index (χ4v) is 3.71. The number of hydrogen-bond acceptors (Lipinski definition) is 5. The molecular weight excluding hydrogens is 290 g/mol. The molecule has 2 aromatic rings. The van der Waals surface area contributed by atoms with E-state index in [2.05, 4.69) is 10.3 Å². The van der Waals surface area contributed by atoms with Crippen molar-refractivity contribution in [1.29, 1.82) is 0 Å². The van der Waals surface area contributed by atoms with Crippen molar-refractivity contribution in [3.8, 4) is 0 Å². The number of rotatable bonds is 5. The number of nitrogens with one attached hydrogen (secondary N) is 1. The molecule has 0 saturated heterocycles. The lowest BCUT2D eigenvalue weighted by Crippen LogP contribution is -2.29. The first kappa shape index (κ1) is 14.2. The topological polar surface area (TPSA) is 83.7 Å². The van der Waals surface area contributed by atoms with Gasteiger partial charge in [0.05, 0.1) is 11.6 Å². The highest BCUT2D eigenvalue weighted by molar-refractivity contribution is 7.15. The van der Waals surface area contributed by atoms with E-state index >= 15 is 0 Å². The molecule has 112 valence electrons. The molecule has 0 aromatic carbocycles. The minimum absolute atomic E-state index is 0.0812. The van der Waals surface area contributed by atoms with E-state index < -0.39 is 5.97 Å². The standard InChI is InChI=1S/C14H17N3O3S/c18-12-6-10(16-14-17(12)4-5-21-14)8-15-7-9-2-1-3-11(9)13(19)20/h4-6,9,11,15H,1-3,7-8H2,(H,19,20). The Bertz CT molecular complexity index is 709. The fraction of sp³-hybridized carbons (Fsp3) is 0.500. The first-order valence-corrected chi connectivity index (χ1v) is 7.92. The molecule has 7 heteroatoms. The summed E-state index contributed by atoms with van der Waals surface area (Å²) < 4.78 is 1.52. The summed E-state index contributed by atoms with van der Waals surface area (Å²) in [5.74, 6) is -0.763. The molecule has 1 fully saturated rings. The maximum atomic E-state index is 11.8. The van der Waals surface area contributed by atoms with Crippen LogP contribution in [-0.4, -0.2) is 27.0 Å². The summed E-state index contributed by atoms with van der Waals surface area (Å²) in [6, 6.07) is 1.52. The van der Waals surface area contributed by atoms with Crippen molar-refractivity contribution in [2.24, 2.45) is 11.8 Å². The van der Waals surface area contributed by atoms with Crippen molar-refractivity contribution in [2.45, 2.75) is 25.8 Å². The van der Waals surface area contributed by atoms with Crippen molar-refractivity contribution in [3.63, 3.8) is 0 Å². The van der Waals surface area contributed by atoms with Gasteiger partial charge in [0.2, 0.25) is 0 Å². The Morgan fingerprint density at radius 1 is 1.52 bits per heavy atom. The van der Waals surface area contributed by atoms with Crippen LogP contribution in [0.3, 0.4) is 0 Å². The minimum atomic E-state index is -0.698. The Morgan fingerprint density at radius 2 is 2.38 bits per heavy atom. The van der Waals surface area contributed by atoms with Crippen LogP contribution in [0.4, 0.5) is 0 Å². The quantitative estimate of drug-likeness (QED) is 0.871. The molecule has 0 aliphatic heterocycles. The largest absolute Gasteiger partial charge is 0.481 e. The highest BCUT2D eigenvalue weighted by Crippen LogP contribution is 2.31. The molecule has 0 spiro atoms. The predicted octanol–water partition coefficient (Wildman–Crippen LogP) is 1.35. The van der Waals surface area contributed by atoms with Gasteiger partial charge in [0.15, 0.2) is 4.96 Å². The summed E-state index contributed by atoms with van der Waals surface area (Å²) in [7, 11) is 0. The number of nitrogens with zero attached hydrogens (tertiary/aromatic N) is 2. The molecule has 21 heavy (non-hydrogen) atoms. The van der Waals surface area contributed by atoms with E-state index in [-0.39, 0.29) is 17.4 Å². The monoisotopic (exact) mass is 307 g/mol. The van der Waals surface area contributed by atoms with Crippen LogP contribution in [0.2, 0.25) is 0 Å². The summed E-state index contributed by atoms with van der Waals surface area (Å²) >= 11 is 1.43. The first-order chi connectivity index (χ1) is 10.1. The van der Waals surface area contributed by atoms with E-state index in [0.29, 0.717) is 23.7 Å². The number of carbonyl (C=O) groups is 1. The third-order valence-corrected chi connectivity index (χ3v) is 4.80. The number of carboxylic acids is 1. The number of thiazole rings is 1. The molecule has 1 aliphatic rings. The zero-order valence-corrected chi connectivity index (χ0v) is 12.3. The maximum absolute atomic E-state index is 11.8. The average Bonchev–Trinajstić information content (AvgIpc) is 3.07. The molecule has 0 amide bonds. The molecule has 2 unspecified atom stereocenters. The van der Waals surface area contributed by atoms with Crippen molar-refractivity contribution < 1.29 is 9.90 Å². The Balaban J connectivity index is 1.61. The Hall–Kier alpha value is -1.73. The van der Waals surface area contributed by atoms with Crippen LogP contribution < -0.4 is 10.9 Å². The van der Waals surface area contributed by atoms with E-state index in [0.717, 1.165) is 19.3 Å². The average molecular weight is 307 g/mol. The van der Waals surface area contributed by atoms with Gasteiger partial charge in [-0.25, -0.2) is 4.98 Å². The smallest absolute Gasteiger partial charge is 0.306 e. The second-order valence-electron chi connectivity index (χ2n) is 5.41. The van der Waals surface area contributed by atoms with Crippen LogP contribution in [0.15, 0.2) is 22.4 Å². The molecule has 3 rings (SSSR count). The SMILES string of the molecule is O=C(O)C1CCCC1CNCc1cc(=O)n2ccsc2n1. The normalized spacial score (nSPS) is 21.9. The molecule has 6 nitrogen and oxygen atoms in total. The molecule has 2 N–H and O–H groups in total. The molecule has 1 aliphatic carbocycles. The summed E-state index contributed by atoms with van der Waals surface area (Å²) in [6.45, 7) is 1.15. The van der Waals surface area contributed by atoms with Gasteiger partial charge in [-0.15, -0.1) is 11.3 Å². The lowest BCUT2D eigenvalue weighted by molar-refractivity contribution is -0.142. The van der Waals surface area contributed by atoms with E-state index in [1.165, 1.54) is 21.8 Å². The minimum Gasteiger partial charge on any atom is -0.481 e. The molecule has 2 aromatic heterocycles. The third-order valence-electron chi connectivity index (χ3n) is 4.05. The van der Waals surface area contributed by atoms with Crippen LogP contribution in [0.1, 0.15) is 25.0 Å². The first-order valence-electron chi connectivity index (χ1n) is 7.04. The second-order valence-corrected chi connectivity index (χ2v) is 6.28. The van der Waals surface area contributed by atoms with Crippen LogP contribution in [-0.2, 0) is 11.3 Å². The maximum Gasteiger partial charge on any atom is 0.306 e. The lowest BCUT2D eigenvalue weighted by Gasteiger charge is -2.16. The van der Waals surface area contributed by atoms with Gasteiger partial charge in [0, 0.05) is 24.2 Å². The van der Waals surface area contributed by atoms with E-state index in [4.69, 9.17) is 5.11 Å². The lowest BCUT2D eigenvalue weighted by atomic mass is 9.96. The van der Waals surface area contributed by atoms with Gasteiger partial charge in [-0.05, 0) is 25.3 Å². The molecule has 0 radical (unpaired) electrons. The molecule has 2 atom stereocenters. The van der Waals surface area contributed by atoms with Gasteiger partial charge >= 0.3 is 5.97 Å². The van der Waals surface area contributed by atoms with Crippen molar-refractivity contribution >= 4 is 22.3 Å². The molecular formula is C14H17N3O3S. The predicted molar refractivity (Wildman–Crippen MR) is 79.5 cm³/mol. The highest BCUT2D eigenvalue weighted by atomic mass is 32.1. The van der Waals surface area contributed by atoms with Crippen LogP contribution in [0.5, 0.6) is 0 Å². The second kappa shape index (κ2) is 5.95. The van der Waals surface area contributed by atoms with E-state index in [9.17, 15) is 9.59 Å². The van der Waals surface area contributed by atoms with Crippen molar-refractivity contribution in [2.75, 3.05) is 6.54 Å². The third kappa shape index (κ3) is 2.98. The van der Waals surface area contributed by atoms with Gasteiger partial charge in [0.1, 0.15) is 0 Å². The summed E-state index contributed by atoms with van der Waals surface area (Å²) in [5, 5.41) is 14.2. The number of hydrogen-bond donors (Lipinski definition) is 2. The Kier molecular flexibility index (Phi) is 4.03. The van der Waals surface area contributed by atoms with E-state index in [1.54, 1.807) is 6.20 Å². The van der Waals surface area contributed by atoms with Crippen molar-refractivity contribution in [3.05, 3.63) is 33.7 Å². The summed E-state index contributed by atoms with van der Waals surface area (Å²) in [4.78, 5) is 28.1. The molecule has 0 bridgehead atoms. The summed E-state index contributed by atoms with van der Waals surface area (Å²) in [5.41, 5.74) is 0.620. The van der Waals surface area contributed by atoms with Crippen molar-refractivity contribution in [1.82, 2.24) is 14.7 Å². The van der Waals surface area contributed by atoms with Crippen LogP contribution in [0.25, 0.3) is 4.96 Å². The Morgan fingerprint density at radius 3 is 3.19 bits per heavy atom. The number of aliphatic carboxylic acids is 1. The zero-order chi connectivity index (χ0) is 14.8. The van der Waals surface area contributed by atoms with E-state index in [1.807, 2.05) is 5.38 Å². The Labute approximate surface area is 125 Å². The number of fused-ring (bicyclic) bond motifs is 1. The number of aromatic nitrogens is 2. The summed E-state index contributed by atoms with van der Waals surface area (Å²) in [6.07, 6.45) is 4.40. The van der Waals surface area contributed by atoms with Crippen LogP contribution in [0, 0.1) is 11.8 Å². The highest BCUT2D eigenvalue weighted by Gasteiger charge is 2.32.